The second-order valence-corrected chi connectivity index (χ2v) is 3.59. The van der Waals surface area contributed by atoms with Crippen molar-refractivity contribution in [2.45, 2.75) is 20.4 Å². The summed E-state index contributed by atoms with van der Waals surface area (Å²) in [7, 11) is 0. The first-order valence-corrected chi connectivity index (χ1v) is 5.07. The number of nitrogens with one attached hydrogen (secondary N) is 1. The van der Waals surface area contributed by atoms with Crippen LogP contribution in [0.3, 0.4) is 0 Å². The molecular formula is C10H13N5O2. The molecule has 2 aromatic heterocycles. The summed E-state index contributed by atoms with van der Waals surface area (Å²) in [6, 6.07) is 1.57. The van der Waals surface area contributed by atoms with Gasteiger partial charge in [0.05, 0.1) is 11.8 Å². The van der Waals surface area contributed by atoms with Crippen LogP contribution >= 0.6 is 0 Å². The lowest BCUT2D eigenvalue weighted by Crippen LogP contribution is -2.30. The number of hydrazine groups is 1. The molecule has 2 aromatic rings. The van der Waals surface area contributed by atoms with Crippen molar-refractivity contribution in [2.24, 2.45) is 5.84 Å². The number of furan rings is 1. The molecule has 2 rings (SSSR count). The molecule has 0 atom stereocenters. The molecule has 0 aliphatic rings. The maximum atomic E-state index is 11.4. The van der Waals surface area contributed by atoms with Crippen molar-refractivity contribution in [3.63, 3.8) is 0 Å². The average molecular weight is 235 g/mol. The summed E-state index contributed by atoms with van der Waals surface area (Å²) in [5.41, 5.74) is 2.47. The lowest BCUT2D eigenvalue weighted by atomic mass is 10.2. The van der Waals surface area contributed by atoms with Gasteiger partial charge >= 0.3 is 0 Å². The third kappa shape index (κ3) is 2.18. The first kappa shape index (κ1) is 11.3. The van der Waals surface area contributed by atoms with Crippen molar-refractivity contribution in [3.05, 3.63) is 35.3 Å². The highest BCUT2D eigenvalue weighted by molar-refractivity contribution is 5.94. The van der Waals surface area contributed by atoms with Crippen LogP contribution < -0.4 is 11.3 Å². The summed E-state index contributed by atoms with van der Waals surface area (Å²) < 4.78 is 6.92. The van der Waals surface area contributed by atoms with E-state index in [1.54, 1.807) is 17.7 Å². The summed E-state index contributed by atoms with van der Waals surface area (Å²) in [6.45, 7) is 3.99. The Morgan fingerprint density at radius 1 is 1.59 bits per heavy atom. The van der Waals surface area contributed by atoms with Crippen molar-refractivity contribution >= 4 is 5.91 Å². The minimum absolute atomic E-state index is 0.350. The van der Waals surface area contributed by atoms with E-state index in [0.29, 0.717) is 23.7 Å². The van der Waals surface area contributed by atoms with Gasteiger partial charge in [0, 0.05) is 0 Å². The highest BCUT2D eigenvalue weighted by Gasteiger charge is 2.15. The molecule has 0 aliphatic carbocycles. The van der Waals surface area contributed by atoms with E-state index < -0.39 is 0 Å². The number of nitrogens with zero attached hydrogens (tertiary/aromatic N) is 3. The zero-order valence-corrected chi connectivity index (χ0v) is 9.60. The fraction of sp³-hybridized carbons (Fsp3) is 0.300. The van der Waals surface area contributed by atoms with Crippen molar-refractivity contribution < 1.29 is 9.21 Å². The summed E-state index contributed by atoms with van der Waals surface area (Å²) in [5.74, 6) is 6.64. The van der Waals surface area contributed by atoms with Gasteiger partial charge < -0.3 is 4.42 Å². The number of hydrogen-bond donors (Lipinski definition) is 2. The Morgan fingerprint density at radius 3 is 2.94 bits per heavy atom. The average Bonchev–Trinajstić information content (AvgIpc) is 2.86. The summed E-state index contributed by atoms with van der Waals surface area (Å²) in [4.78, 5) is 15.6. The second-order valence-electron chi connectivity index (χ2n) is 3.59. The normalized spacial score (nSPS) is 10.5. The first-order chi connectivity index (χ1) is 8.11. The molecule has 0 fully saturated rings. The van der Waals surface area contributed by atoms with Gasteiger partial charge in [0.15, 0.2) is 0 Å². The number of carbonyl (C=O) groups excluding carboxylic acids is 1. The number of aryl methyl sites for hydroxylation is 2. The van der Waals surface area contributed by atoms with E-state index >= 15 is 0 Å². The molecule has 0 spiro atoms. The molecule has 1 amide bonds. The number of hydrogen-bond acceptors (Lipinski definition) is 5. The Bertz CT molecular complexity index is 543. The molecule has 0 aliphatic heterocycles. The van der Waals surface area contributed by atoms with Crippen molar-refractivity contribution in [3.8, 4) is 0 Å². The molecule has 2 heterocycles. The van der Waals surface area contributed by atoms with Crippen LogP contribution in [0.2, 0.25) is 0 Å². The fourth-order valence-corrected chi connectivity index (χ4v) is 1.59. The molecule has 0 saturated heterocycles. The molecule has 0 unspecified atom stereocenters. The highest BCUT2D eigenvalue weighted by Crippen LogP contribution is 2.12. The Hall–Kier alpha value is -2.15. The first-order valence-electron chi connectivity index (χ1n) is 5.07. The number of nitrogens with two attached hydrogens (primary N) is 1. The van der Waals surface area contributed by atoms with Crippen LogP contribution in [0.15, 0.2) is 16.7 Å². The maximum absolute atomic E-state index is 11.4. The highest BCUT2D eigenvalue weighted by atomic mass is 16.3. The van der Waals surface area contributed by atoms with Gasteiger partial charge in [-0.1, -0.05) is 0 Å². The predicted octanol–water partition coefficient (Wildman–Crippen LogP) is 0.140. The Morgan fingerprint density at radius 2 is 2.35 bits per heavy atom. The molecule has 0 saturated carbocycles. The number of nitrogen functional groups attached to an aromatic ring is 1. The second kappa shape index (κ2) is 4.38. The predicted molar refractivity (Wildman–Crippen MR) is 59.0 cm³/mol. The van der Waals surface area contributed by atoms with E-state index in [2.05, 4.69) is 15.5 Å². The molecule has 7 nitrogen and oxygen atoms in total. The van der Waals surface area contributed by atoms with E-state index in [4.69, 9.17) is 10.3 Å². The van der Waals surface area contributed by atoms with Crippen molar-refractivity contribution in [2.75, 3.05) is 0 Å². The monoisotopic (exact) mass is 235 g/mol. The number of aromatic nitrogens is 3. The third-order valence-electron chi connectivity index (χ3n) is 2.38. The van der Waals surface area contributed by atoms with Crippen LogP contribution in [0.4, 0.5) is 0 Å². The van der Waals surface area contributed by atoms with E-state index in [1.807, 2.05) is 6.92 Å². The topological polar surface area (TPSA) is 99.0 Å². The molecule has 0 aromatic carbocycles. The van der Waals surface area contributed by atoms with Gasteiger partial charge in [-0.05, 0) is 19.9 Å². The number of carbonyl (C=O) groups is 1. The molecule has 0 radical (unpaired) electrons. The Labute approximate surface area is 97.6 Å². The fourth-order valence-electron chi connectivity index (χ4n) is 1.59. The van der Waals surface area contributed by atoms with Gasteiger partial charge in [0.25, 0.3) is 5.91 Å². The zero-order chi connectivity index (χ0) is 12.4. The Kier molecular flexibility index (Phi) is 2.92. The zero-order valence-electron chi connectivity index (χ0n) is 9.60. The summed E-state index contributed by atoms with van der Waals surface area (Å²) >= 11 is 0. The van der Waals surface area contributed by atoms with Crippen LogP contribution in [-0.4, -0.2) is 20.7 Å². The smallest absolute Gasteiger partial charge is 0.268 e. The van der Waals surface area contributed by atoms with Crippen molar-refractivity contribution in [1.82, 2.24) is 20.2 Å². The lowest BCUT2D eigenvalue weighted by molar-refractivity contribution is 0.0951. The standard InChI is InChI=1S/C10H13N5O2/c1-6-12-7(2)15(14-6)5-9-8(3-4-17-9)10(16)13-11/h3-4H,5,11H2,1-2H3,(H,13,16). The van der Waals surface area contributed by atoms with Gasteiger partial charge in [-0.3, -0.25) is 10.2 Å². The van der Waals surface area contributed by atoms with E-state index in [9.17, 15) is 4.79 Å². The third-order valence-corrected chi connectivity index (χ3v) is 2.38. The minimum atomic E-state index is -0.386. The van der Waals surface area contributed by atoms with Gasteiger partial charge in [0.1, 0.15) is 24.0 Å². The van der Waals surface area contributed by atoms with E-state index in [1.165, 1.54) is 6.26 Å². The van der Waals surface area contributed by atoms with Gasteiger partial charge in [0.2, 0.25) is 0 Å². The van der Waals surface area contributed by atoms with Crippen LogP contribution in [0.25, 0.3) is 0 Å². The number of amides is 1. The van der Waals surface area contributed by atoms with Crippen LogP contribution in [0.1, 0.15) is 27.8 Å². The van der Waals surface area contributed by atoms with Gasteiger partial charge in [-0.2, -0.15) is 5.10 Å². The molecule has 90 valence electrons. The molecule has 7 heteroatoms. The van der Waals surface area contributed by atoms with Gasteiger partial charge in [-0.25, -0.2) is 15.5 Å². The number of rotatable bonds is 3. The quantitative estimate of drug-likeness (QED) is 0.448. The van der Waals surface area contributed by atoms with E-state index in [0.717, 1.165) is 5.82 Å². The van der Waals surface area contributed by atoms with Crippen LogP contribution in [0, 0.1) is 13.8 Å². The largest absolute Gasteiger partial charge is 0.467 e. The molecule has 17 heavy (non-hydrogen) atoms. The SMILES string of the molecule is Cc1nc(C)n(Cc2occc2C(=O)NN)n1. The lowest BCUT2D eigenvalue weighted by Gasteiger charge is -2.02. The van der Waals surface area contributed by atoms with Crippen molar-refractivity contribution in [1.29, 1.82) is 0 Å². The summed E-state index contributed by atoms with van der Waals surface area (Å²) in [5, 5.41) is 4.19. The van der Waals surface area contributed by atoms with Crippen LogP contribution in [-0.2, 0) is 6.54 Å². The molecule has 0 bridgehead atoms. The molecule has 3 N–H and O–H groups in total. The summed E-state index contributed by atoms with van der Waals surface area (Å²) in [6.07, 6.45) is 1.44. The maximum Gasteiger partial charge on any atom is 0.268 e. The van der Waals surface area contributed by atoms with Crippen LogP contribution in [0.5, 0.6) is 0 Å². The Balaban J connectivity index is 2.27. The molecular weight excluding hydrogens is 222 g/mol. The van der Waals surface area contributed by atoms with Gasteiger partial charge in [-0.15, -0.1) is 0 Å². The van der Waals surface area contributed by atoms with E-state index in [-0.39, 0.29) is 5.91 Å². The minimum Gasteiger partial charge on any atom is -0.467 e.